The van der Waals surface area contributed by atoms with Crippen molar-refractivity contribution < 1.29 is 18.0 Å². The highest BCUT2D eigenvalue weighted by Gasteiger charge is 2.40. The lowest BCUT2D eigenvalue weighted by molar-refractivity contribution is 0.00497. The standard InChI is InChI=1S/C13H12BrF3O/c14-9-1-2-10(11(15)6-9)12(18)5-8-3-4-13(16,17)7-8/h1-2,6,8H,3-5,7H2. The maximum atomic E-state index is 13.5. The van der Waals surface area contributed by atoms with Crippen LogP contribution in [0.3, 0.4) is 0 Å². The Balaban J connectivity index is 2.04. The molecule has 1 aliphatic rings. The van der Waals surface area contributed by atoms with E-state index < -0.39 is 17.5 Å². The molecule has 1 unspecified atom stereocenters. The third kappa shape index (κ3) is 3.13. The van der Waals surface area contributed by atoms with Crippen LogP contribution in [0.1, 0.15) is 36.0 Å². The van der Waals surface area contributed by atoms with Gasteiger partial charge in [-0.2, -0.15) is 0 Å². The maximum absolute atomic E-state index is 13.5. The molecule has 0 spiro atoms. The molecule has 0 aliphatic heterocycles. The molecule has 0 radical (unpaired) electrons. The van der Waals surface area contributed by atoms with Gasteiger partial charge in [-0.3, -0.25) is 4.79 Å². The normalized spacial score (nSPS) is 22.1. The molecule has 1 fully saturated rings. The highest BCUT2D eigenvalue weighted by atomic mass is 79.9. The Morgan fingerprint density at radius 3 is 2.72 bits per heavy atom. The summed E-state index contributed by atoms with van der Waals surface area (Å²) in [6.07, 6.45) is -0.115. The summed E-state index contributed by atoms with van der Waals surface area (Å²) in [7, 11) is 0. The van der Waals surface area contributed by atoms with E-state index in [0.717, 1.165) is 0 Å². The molecule has 1 aliphatic carbocycles. The third-order valence-electron chi connectivity index (χ3n) is 3.21. The molecule has 1 aromatic carbocycles. The van der Waals surface area contributed by atoms with Crippen LogP contribution in [-0.4, -0.2) is 11.7 Å². The zero-order valence-electron chi connectivity index (χ0n) is 9.56. The van der Waals surface area contributed by atoms with E-state index in [9.17, 15) is 18.0 Å². The van der Waals surface area contributed by atoms with Crippen molar-refractivity contribution in [2.45, 2.75) is 31.6 Å². The third-order valence-corrected chi connectivity index (χ3v) is 3.70. The average Bonchev–Trinajstić information content (AvgIpc) is 2.57. The van der Waals surface area contributed by atoms with Crippen LogP contribution < -0.4 is 0 Å². The summed E-state index contributed by atoms with van der Waals surface area (Å²) < 4.78 is 40.0. The monoisotopic (exact) mass is 320 g/mol. The highest BCUT2D eigenvalue weighted by Crippen LogP contribution is 2.40. The Bertz CT molecular complexity index is 473. The zero-order chi connectivity index (χ0) is 13.3. The summed E-state index contributed by atoms with van der Waals surface area (Å²) in [6.45, 7) is 0. The number of ketones is 1. The fraction of sp³-hybridized carbons (Fsp3) is 0.462. The van der Waals surface area contributed by atoms with Crippen molar-refractivity contribution in [1.82, 2.24) is 0 Å². The van der Waals surface area contributed by atoms with Crippen LogP contribution >= 0.6 is 15.9 Å². The number of benzene rings is 1. The first kappa shape index (κ1) is 13.6. The Morgan fingerprint density at radius 2 is 2.17 bits per heavy atom. The molecule has 0 amide bonds. The van der Waals surface area contributed by atoms with Crippen molar-refractivity contribution in [2.75, 3.05) is 0 Å². The van der Waals surface area contributed by atoms with Crippen molar-refractivity contribution in [3.05, 3.63) is 34.1 Å². The van der Waals surface area contributed by atoms with Gasteiger partial charge >= 0.3 is 0 Å². The molecule has 0 saturated heterocycles. The second-order valence-electron chi connectivity index (χ2n) is 4.72. The molecule has 1 aromatic rings. The lowest BCUT2D eigenvalue weighted by Crippen LogP contribution is -2.12. The van der Waals surface area contributed by atoms with Gasteiger partial charge in [0.05, 0.1) is 5.56 Å². The van der Waals surface area contributed by atoms with Gasteiger partial charge in [-0.05, 0) is 30.5 Å². The minimum absolute atomic E-state index is 0.00581. The number of hydrogen-bond donors (Lipinski definition) is 0. The smallest absolute Gasteiger partial charge is 0.248 e. The van der Waals surface area contributed by atoms with Crippen LogP contribution in [-0.2, 0) is 0 Å². The molecule has 18 heavy (non-hydrogen) atoms. The fourth-order valence-electron chi connectivity index (χ4n) is 2.30. The van der Waals surface area contributed by atoms with Crippen molar-refractivity contribution in [3.63, 3.8) is 0 Å². The molecule has 98 valence electrons. The van der Waals surface area contributed by atoms with Crippen molar-refractivity contribution in [2.24, 2.45) is 5.92 Å². The number of alkyl halides is 2. The molecule has 0 N–H and O–H groups in total. The number of Topliss-reactive ketones (excluding diaryl/α,β-unsaturated/α-hetero) is 1. The molecular weight excluding hydrogens is 309 g/mol. The van der Waals surface area contributed by atoms with E-state index in [1.807, 2.05) is 0 Å². The van der Waals surface area contributed by atoms with Gasteiger partial charge < -0.3 is 0 Å². The molecule has 0 aromatic heterocycles. The van der Waals surface area contributed by atoms with Crippen LogP contribution in [0.5, 0.6) is 0 Å². The van der Waals surface area contributed by atoms with Gasteiger partial charge in [0.15, 0.2) is 5.78 Å². The topological polar surface area (TPSA) is 17.1 Å². The van der Waals surface area contributed by atoms with E-state index in [1.165, 1.54) is 12.1 Å². The van der Waals surface area contributed by atoms with Gasteiger partial charge in [-0.15, -0.1) is 0 Å². The first-order valence-corrected chi connectivity index (χ1v) is 6.53. The zero-order valence-corrected chi connectivity index (χ0v) is 11.1. The van der Waals surface area contributed by atoms with Gasteiger partial charge in [-0.25, -0.2) is 13.2 Å². The quantitative estimate of drug-likeness (QED) is 0.744. The van der Waals surface area contributed by atoms with Gasteiger partial charge in [-0.1, -0.05) is 15.9 Å². The Kier molecular flexibility index (Phi) is 3.80. The van der Waals surface area contributed by atoms with E-state index in [-0.39, 0.29) is 30.7 Å². The highest BCUT2D eigenvalue weighted by molar-refractivity contribution is 9.10. The fourth-order valence-corrected chi connectivity index (χ4v) is 2.64. The summed E-state index contributed by atoms with van der Waals surface area (Å²) in [5.41, 5.74) is -0.0200. The Hall–Kier alpha value is -0.840. The van der Waals surface area contributed by atoms with E-state index in [0.29, 0.717) is 10.9 Å². The van der Waals surface area contributed by atoms with E-state index in [1.54, 1.807) is 6.07 Å². The minimum Gasteiger partial charge on any atom is -0.294 e. The van der Waals surface area contributed by atoms with Crippen LogP contribution in [0.25, 0.3) is 0 Å². The van der Waals surface area contributed by atoms with E-state index in [4.69, 9.17) is 0 Å². The molecule has 1 atom stereocenters. The first-order chi connectivity index (χ1) is 8.37. The lowest BCUT2D eigenvalue weighted by atomic mass is 9.96. The van der Waals surface area contributed by atoms with Crippen molar-refractivity contribution >= 4 is 21.7 Å². The summed E-state index contributed by atoms with van der Waals surface area (Å²) >= 11 is 3.10. The lowest BCUT2D eigenvalue weighted by Gasteiger charge is -2.10. The Morgan fingerprint density at radius 1 is 1.44 bits per heavy atom. The molecule has 1 nitrogen and oxygen atoms in total. The number of rotatable bonds is 3. The number of carbonyl (C=O) groups is 1. The second kappa shape index (κ2) is 5.03. The van der Waals surface area contributed by atoms with Crippen LogP contribution in [0.15, 0.2) is 22.7 Å². The van der Waals surface area contributed by atoms with Crippen LogP contribution in [0, 0.1) is 11.7 Å². The molecule has 5 heteroatoms. The second-order valence-corrected chi connectivity index (χ2v) is 5.63. The summed E-state index contributed by atoms with van der Waals surface area (Å²) in [5, 5.41) is 0. The number of halogens is 4. The first-order valence-electron chi connectivity index (χ1n) is 5.73. The predicted molar refractivity (Wildman–Crippen MR) is 65.3 cm³/mol. The molecule has 1 saturated carbocycles. The summed E-state index contributed by atoms with van der Waals surface area (Å²) in [4.78, 5) is 11.8. The van der Waals surface area contributed by atoms with Gasteiger partial charge in [0.1, 0.15) is 5.82 Å². The molecule has 0 heterocycles. The number of carbonyl (C=O) groups excluding carboxylic acids is 1. The molecule has 2 rings (SSSR count). The largest absolute Gasteiger partial charge is 0.294 e. The van der Waals surface area contributed by atoms with E-state index >= 15 is 0 Å². The Labute approximate surface area is 112 Å². The SMILES string of the molecule is O=C(CC1CCC(F)(F)C1)c1ccc(Br)cc1F. The van der Waals surface area contributed by atoms with Crippen molar-refractivity contribution in [3.8, 4) is 0 Å². The van der Waals surface area contributed by atoms with Crippen LogP contribution in [0.4, 0.5) is 13.2 Å². The van der Waals surface area contributed by atoms with Crippen LogP contribution in [0.2, 0.25) is 0 Å². The summed E-state index contributed by atoms with van der Waals surface area (Å²) in [6, 6.07) is 4.16. The van der Waals surface area contributed by atoms with Crippen molar-refractivity contribution in [1.29, 1.82) is 0 Å². The number of hydrogen-bond acceptors (Lipinski definition) is 1. The molecule has 0 bridgehead atoms. The minimum atomic E-state index is -2.66. The maximum Gasteiger partial charge on any atom is 0.248 e. The van der Waals surface area contributed by atoms with E-state index in [2.05, 4.69) is 15.9 Å². The van der Waals surface area contributed by atoms with Gasteiger partial charge in [0, 0.05) is 23.7 Å². The van der Waals surface area contributed by atoms with Gasteiger partial charge in [0.25, 0.3) is 0 Å². The van der Waals surface area contributed by atoms with Gasteiger partial charge in [0.2, 0.25) is 5.92 Å². The average molecular weight is 321 g/mol. The molecular formula is C13H12BrF3O. The summed E-state index contributed by atoms with van der Waals surface area (Å²) in [5.74, 6) is -4.01. The predicted octanol–water partition coefficient (Wildman–Crippen LogP) is 4.60.